The first-order chi connectivity index (χ1) is 14.8. The summed E-state index contributed by atoms with van der Waals surface area (Å²) in [5.74, 6) is 1.66. The van der Waals surface area contributed by atoms with Crippen molar-refractivity contribution >= 4 is 5.91 Å². The van der Waals surface area contributed by atoms with Gasteiger partial charge in [-0.25, -0.2) is 0 Å². The molecule has 5 aliphatic rings. The van der Waals surface area contributed by atoms with Crippen LogP contribution in [-0.4, -0.2) is 58.5 Å². The standard InChI is InChI=1S/C25H38N4O2/c1-17-13-22(28(4)27-17)23(30)26-15-20-7-8-25(31-20)9-11-29(12-10-25)16-18-5-6-19-14-21(18)24(19,2)3/h5,13,19-21H,6-12,14-16H2,1-4H3,(H,26,30)/t19-,20?,21-/m0/s1. The number of piperidine rings is 1. The van der Waals surface area contributed by atoms with E-state index in [0.717, 1.165) is 62.8 Å². The number of carbonyl (C=O) groups is 1. The molecule has 1 unspecified atom stereocenters. The number of nitrogens with one attached hydrogen (secondary N) is 1. The molecule has 1 aromatic rings. The third kappa shape index (κ3) is 3.86. The number of rotatable bonds is 5. The molecule has 31 heavy (non-hydrogen) atoms. The van der Waals surface area contributed by atoms with Crippen molar-refractivity contribution < 1.29 is 9.53 Å². The van der Waals surface area contributed by atoms with Gasteiger partial charge in [0.15, 0.2) is 0 Å². The summed E-state index contributed by atoms with van der Waals surface area (Å²) in [5.41, 5.74) is 3.71. The van der Waals surface area contributed by atoms with E-state index >= 15 is 0 Å². The topological polar surface area (TPSA) is 59.4 Å². The van der Waals surface area contributed by atoms with E-state index < -0.39 is 0 Å². The van der Waals surface area contributed by atoms with Crippen molar-refractivity contribution in [1.82, 2.24) is 20.0 Å². The van der Waals surface area contributed by atoms with Gasteiger partial charge in [-0.3, -0.25) is 14.4 Å². The molecule has 3 atom stereocenters. The Hall–Kier alpha value is -1.66. The molecule has 3 fully saturated rings. The quantitative estimate of drug-likeness (QED) is 0.733. The van der Waals surface area contributed by atoms with Crippen LogP contribution in [0.15, 0.2) is 17.7 Å². The summed E-state index contributed by atoms with van der Waals surface area (Å²) < 4.78 is 8.18. The lowest BCUT2D eigenvalue weighted by molar-refractivity contribution is -0.0762. The Morgan fingerprint density at radius 2 is 2.06 bits per heavy atom. The number of hydrogen-bond acceptors (Lipinski definition) is 4. The van der Waals surface area contributed by atoms with E-state index in [1.54, 1.807) is 10.3 Å². The van der Waals surface area contributed by atoms with Crippen molar-refractivity contribution in [3.63, 3.8) is 0 Å². The molecule has 1 amide bonds. The minimum atomic E-state index is -0.0654. The zero-order valence-corrected chi connectivity index (χ0v) is 19.6. The number of carbonyl (C=O) groups excluding carboxylic acids is 1. The zero-order chi connectivity index (χ0) is 21.8. The maximum absolute atomic E-state index is 12.5. The summed E-state index contributed by atoms with van der Waals surface area (Å²) in [5, 5.41) is 7.31. The van der Waals surface area contributed by atoms with Crippen molar-refractivity contribution in [2.24, 2.45) is 24.3 Å². The Labute approximate surface area is 186 Å². The number of aromatic nitrogens is 2. The van der Waals surface area contributed by atoms with E-state index in [1.165, 1.54) is 12.8 Å². The second kappa shape index (κ2) is 7.73. The van der Waals surface area contributed by atoms with E-state index in [0.29, 0.717) is 17.7 Å². The molecule has 2 saturated heterocycles. The fourth-order valence-corrected chi connectivity index (χ4v) is 6.56. The number of amides is 1. The maximum Gasteiger partial charge on any atom is 0.269 e. The summed E-state index contributed by atoms with van der Waals surface area (Å²) in [6.45, 7) is 10.8. The highest BCUT2D eigenvalue weighted by atomic mass is 16.5. The molecule has 2 aliphatic heterocycles. The third-order valence-electron chi connectivity index (χ3n) is 8.82. The maximum atomic E-state index is 12.5. The average Bonchev–Trinajstić information content (AvgIpc) is 3.30. The smallest absolute Gasteiger partial charge is 0.269 e. The summed E-state index contributed by atoms with van der Waals surface area (Å²) in [6, 6.07) is 1.83. The number of likely N-dealkylation sites (tertiary alicyclic amines) is 1. The van der Waals surface area contributed by atoms with Gasteiger partial charge >= 0.3 is 0 Å². The molecule has 3 heterocycles. The molecule has 0 radical (unpaired) electrons. The molecule has 6 rings (SSSR count). The van der Waals surface area contributed by atoms with Gasteiger partial charge in [-0.2, -0.15) is 5.10 Å². The Morgan fingerprint density at radius 1 is 1.29 bits per heavy atom. The first-order valence-corrected chi connectivity index (χ1v) is 12.1. The predicted molar refractivity (Wildman–Crippen MR) is 121 cm³/mol. The van der Waals surface area contributed by atoms with Gasteiger partial charge in [0.2, 0.25) is 0 Å². The second-order valence-electron chi connectivity index (χ2n) is 11.1. The summed E-state index contributed by atoms with van der Waals surface area (Å²) in [7, 11) is 1.81. The first kappa shape index (κ1) is 21.2. The molecule has 6 heteroatoms. The largest absolute Gasteiger partial charge is 0.370 e. The lowest BCUT2D eigenvalue weighted by Crippen LogP contribution is -2.51. The lowest BCUT2D eigenvalue weighted by Gasteiger charge is -2.57. The molecule has 170 valence electrons. The van der Waals surface area contributed by atoms with Crippen LogP contribution in [0.2, 0.25) is 0 Å². The number of fused-ring (bicyclic) bond motifs is 1. The molecule has 1 aromatic heterocycles. The number of ether oxygens (including phenoxy) is 1. The van der Waals surface area contributed by atoms with Crippen LogP contribution in [0.5, 0.6) is 0 Å². The summed E-state index contributed by atoms with van der Waals surface area (Å²) in [4.78, 5) is 15.1. The predicted octanol–water partition coefficient (Wildman–Crippen LogP) is 3.46. The van der Waals surface area contributed by atoms with Gasteiger partial charge in [-0.1, -0.05) is 25.5 Å². The SMILES string of the molecule is Cc1cc(C(=O)NCC2CCC3(CCN(CC4=CC[C@H]5C[C@@H]4C5(C)C)CC3)O2)n(C)n1. The Balaban J connectivity index is 1.09. The normalized spacial score (nSPS) is 31.4. The van der Waals surface area contributed by atoms with Crippen LogP contribution < -0.4 is 5.32 Å². The molecule has 2 bridgehead atoms. The molecule has 3 aliphatic carbocycles. The number of allylic oxidation sites excluding steroid dienone is 1. The van der Waals surface area contributed by atoms with E-state index in [2.05, 4.69) is 35.2 Å². The molecular formula is C25H38N4O2. The van der Waals surface area contributed by atoms with Crippen molar-refractivity contribution in [3.05, 3.63) is 29.1 Å². The summed E-state index contributed by atoms with van der Waals surface area (Å²) >= 11 is 0. The number of nitrogens with zero attached hydrogens (tertiary/aromatic N) is 3. The second-order valence-corrected chi connectivity index (χ2v) is 11.1. The van der Waals surface area contributed by atoms with Crippen molar-refractivity contribution in [3.8, 4) is 0 Å². The van der Waals surface area contributed by atoms with Crippen molar-refractivity contribution in [1.29, 1.82) is 0 Å². The van der Waals surface area contributed by atoms with Crippen LogP contribution in [0.25, 0.3) is 0 Å². The highest BCUT2D eigenvalue weighted by Gasteiger charge is 2.51. The molecule has 1 spiro atoms. The van der Waals surface area contributed by atoms with Crippen LogP contribution in [0, 0.1) is 24.2 Å². The Kier molecular flexibility index (Phi) is 5.29. The summed E-state index contributed by atoms with van der Waals surface area (Å²) in [6.07, 6.45) is 9.74. The molecule has 6 nitrogen and oxygen atoms in total. The highest BCUT2D eigenvalue weighted by molar-refractivity contribution is 5.92. The van der Waals surface area contributed by atoms with Crippen molar-refractivity contribution in [2.45, 2.75) is 71.0 Å². The van der Waals surface area contributed by atoms with Crippen LogP contribution in [-0.2, 0) is 11.8 Å². The average molecular weight is 427 g/mol. The minimum Gasteiger partial charge on any atom is -0.370 e. The zero-order valence-electron chi connectivity index (χ0n) is 19.6. The third-order valence-corrected chi connectivity index (χ3v) is 8.82. The molecular weight excluding hydrogens is 388 g/mol. The molecule has 1 saturated carbocycles. The number of hydrogen-bond donors (Lipinski definition) is 1. The van der Waals surface area contributed by atoms with Gasteiger partial charge < -0.3 is 10.1 Å². The fraction of sp³-hybridized carbons (Fsp3) is 0.760. The fourth-order valence-electron chi connectivity index (χ4n) is 6.56. The Morgan fingerprint density at radius 3 is 2.71 bits per heavy atom. The van der Waals surface area contributed by atoms with E-state index in [1.807, 2.05) is 20.0 Å². The van der Waals surface area contributed by atoms with Gasteiger partial charge in [0.25, 0.3) is 5.91 Å². The van der Waals surface area contributed by atoms with Gasteiger partial charge in [0, 0.05) is 33.2 Å². The van der Waals surface area contributed by atoms with Crippen molar-refractivity contribution in [2.75, 3.05) is 26.2 Å². The first-order valence-electron chi connectivity index (χ1n) is 12.1. The Bertz CT molecular complexity index is 878. The highest BCUT2D eigenvalue weighted by Crippen LogP contribution is 2.59. The van der Waals surface area contributed by atoms with Crippen LogP contribution in [0.4, 0.5) is 0 Å². The lowest BCUT2D eigenvalue weighted by atomic mass is 9.49. The molecule has 0 aromatic carbocycles. The van der Waals surface area contributed by atoms with Gasteiger partial charge in [0.05, 0.1) is 17.4 Å². The van der Waals surface area contributed by atoms with Gasteiger partial charge in [-0.05, 0) is 68.8 Å². The van der Waals surface area contributed by atoms with Gasteiger partial charge in [-0.15, -0.1) is 0 Å². The monoisotopic (exact) mass is 426 g/mol. The van der Waals surface area contributed by atoms with E-state index in [4.69, 9.17) is 4.74 Å². The van der Waals surface area contributed by atoms with Crippen LogP contribution >= 0.6 is 0 Å². The van der Waals surface area contributed by atoms with Gasteiger partial charge in [0.1, 0.15) is 5.69 Å². The van der Waals surface area contributed by atoms with Crippen LogP contribution in [0.3, 0.4) is 0 Å². The number of aryl methyl sites for hydroxylation is 2. The van der Waals surface area contributed by atoms with Crippen LogP contribution in [0.1, 0.15) is 68.6 Å². The van der Waals surface area contributed by atoms with E-state index in [-0.39, 0.29) is 17.6 Å². The van der Waals surface area contributed by atoms with E-state index in [9.17, 15) is 4.79 Å². The minimum absolute atomic E-state index is 0.0246. The molecule has 1 N–H and O–H groups in total.